The van der Waals surface area contributed by atoms with Gasteiger partial charge in [-0.3, -0.25) is 0 Å². The van der Waals surface area contributed by atoms with Gasteiger partial charge in [-0.15, -0.1) is 25.6 Å². The van der Waals surface area contributed by atoms with Crippen molar-refractivity contribution in [2.75, 3.05) is 0 Å². The minimum absolute atomic E-state index is 0. The molecule has 1 atom stereocenters. The van der Waals surface area contributed by atoms with Crippen molar-refractivity contribution < 1.29 is 23.0 Å². The number of halogens is 5. The lowest BCUT2D eigenvalue weighted by molar-refractivity contribution is -0.274. The average molecular weight is 399 g/mol. The quantitative estimate of drug-likeness (QED) is 0.799. The first-order valence-electron chi connectivity index (χ1n) is 5.86. The SMILES string of the molecule is Cl.N[C@@H](c1ccc(OC(F)(F)F)cc1)c1cccc(Br)c1O. The molecule has 8 heteroatoms. The van der Waals surface area contributed by atoms with Crippen molar-refractivity contribution in [3.05, 3.63) is 58.1 Å². The van der Waals surface area contributed by atoms with Crippen molar-refractivity contribution in [3.63, 3.8) is 0 Å². The minimum Gasteiger partial charge on any atom is -0.506 e. The number of para-hydroxylation sites is 1. The van der Waals surface area contributed by atoms with Crippen LogP contribution in [-0.2, 0) is 0 Å². The van der Waals surface area contributed by atoms with E-state index >= 15 is 0 Å². The van der Waals surface area contributed by atoms with Crippen molar-refractivity contribution in [1.82, 2.24) is 0 Å². The van der Waals surface area contributed by atoms with Crippen LogP contribution in [0.15, 0.2) is 46.9 Å². The summed E-state index contributed by atoms with van der Waals surface area (Å²) in [7, 11) is 0. The molecule has 0 aliphatic carbocycles. The number of benzene rings is 2. The van der Waals surface area contributed by atoms with E-state index in [1.165, 1.54) is 24.3 Å². The molecule has 22 heavy (non-hydrogen) atoms. The topological polar surface area (TPSA) is 55.5 Å². The number of alkyl halides is 3. The molecule has 0 radical (unpaired) electrons. The van der Waals surface area contributed by atoms with Gasteiger partial charge in [0.15, 0.2) is 0 Å². The maximum Gasteiger partial charge on any atom is 0.573 e. The molecule has 0 unspecified atom stereocenters. The molecule has 0 aliphatic rings. The number of hydrogen-bond acceptors (Lipinski definition) is 3. The second kappa shape index (κ2) is 7.21. The zero-order valence-electron chi connectivity index (χ0n) is 11.0. The molecular weight excluding hydrogens is 387 g/mol. The zero-order valence-corrected chi connectivity index (χ0v) is 13.4. The van der Waals surface area contributed by atoms with Gasteiger partial charge in [-0.2, -0.15) is 0 Å². The van der Waals surface area contributed by atoms with Crippen LogP contribution in [0.2, 0.25) is 0 Å². The molecule has 0 saturated heterocycles. The molecule has 2 rings (SSSR count). The number of aromatic hydroxyl groups is 1. The average Bonchev–Trinajstić information content (AvgIpc) is 2.40. The number of hydrogen-bond donors (Lipinski definition) is 2. The second-order valence-electron chi connectivity index (χ2n) is 4.27. The molecule has 0 fully saturated rings. The first-order chi connectivity index (χ1) is 9.78. The van der Waals surface area contributed by atoms with Crippen LogP contribution in [0.4, 0.5) is 13.2 Å². The lowest BCUT2D eigenvalue weighted by Gasteiger charge is -2.16. The van der Waals surface area contributed by atoms with Crippen molar-refractivity contribution in [2.45, 2.75) is 12.4 Å². The largest absolute Gasteiger partial charge is 0.573 e. The number of phenols is 1. The molecule has 0 bridgehead atoms. The van der Waals surface area contributed by atoms with Gasteiger partial charge < -0.3 is 15.6 Å². The van der Waals surface area contributed by atoms with E-state index in [1.54, 1.807) is 18.2 Å². The third-order valence-electron chi connectivity index (χ3n) is 2.83. The first-order valence-corrected chi connectivity index (χ1v) is 6.66. The van der Waals surface area contributed by atoms with Crippen molar-refractivity contribution in [2.24, 2.45) is 5.73 Å². The van der Waals surface area contributed by atoms with E-state index in [4.69, 9.17) is 5.73 Å². The van der Waals surface area contributed by atoms with E-state index in [2.05, 4.69) is 20.7 Å². The first kappa shape index (κ1) is 18.6. The summed E-state index contributed by atoms with van der Waals surface area (Å²) < 4.78 is 40.5. The molecule has 3 nitrogen and oxygen atoms in total. The summed E-state index contributed by atoms with van der Waals surface area (Å²) in [6.45, 7) is 0. The summed E-state index contributed by atoms with van der Waals surface area (Å²) in [4.78, 5) is 0. The van der Waals surface area contributed by atoms with E-state index in [0.29, 0.717) is 15.6 Å². The Labute approximate surface area is 139 Å². The summed E-state index contributed by atoms with van der Waals surface area (Å²) >= 11 is 3.18. The maximum absolute atomic E-state index is 12.1. The van der Waals surface area contributed by atoms with Gasteiger partial charge in [0.25, 0.3) is 0 Å². The Morgan fingerprint density at radius 3 is 2.23 bits per heavy atom. The molecular formula is C14H12BrClF3NO2. The number of nitrogens with two attached hydrogens (primary N) is 1. The molecule has 0 spiro atoms. The Kier molecular flexibility index (Phi) is 6.10. The molecule has 2 aromatic carbocycles. The molecule has 0 aromatic heterocycles. The predicted octanol–water partition coefficient (Wildman–Crippen LogP) is 4.52. The summed E-state index contributed by atoms with van der Waals surface area (Å²) in [5.41, 5.74) is 7.04. The van der Waals surface area contributed by atoms with Crippen LogP contribution in [0.25, 0.3) is 0 Å². The van der Waals surface area contributed by atoms with Gasteiger partial charge in [0, 0.05) is 5.56 Å². The highest BCUT2D eigenvalue weighted by Crippen LogP contribution is 2.34. The second-order valence-corrected chi connectivity index (χ2v) is 5.13. The Bertz CT molecular complexity index is 635. The highest BCUT2D eigenvalue weighted by atomic mass is 79.9. The lowest BCUT2D eigenvalue weighted by atomic mass is 9.99. The summed E-state index contributed by atoms with van der Waals surface area (Å²) in [6, 6.07) is 9.55. The van der Waals surface area contributed by atoms with E-state index in [-0.39, 0.29) is 23.9 Å². The number of rotatable bonds is 3. The van der Waals surface area contributed by atoms with Crippen molar-refractivity contribution >= 4 is 28.3 Å². The molecule has 120 valence electrons. The van der Waals surface area contributed by atoms with E-state index < -0.39 is 12.4 Å². The number of ether oxygens (including phenoxy) is 1. The van der Waals surface area contributed by atoms with E-state index in [9.17, 15) is 18.3 Å². The van der Waals surface area contributed by atoms with Gasteiger partial charge in [0.2, 0.25) is 0 Å². The molecule has 0 amide bonds. The number of phenolic OH excluding ortho intramolecular Hbond substituents is 1. The Morgan fingerprint density at radius 1 is 1.09 bits per heavy atom. The monoisotopic (exact) mass is 397 g/mol. The van der Waals surface area contributed by atoms with Gasteiger partial charge in [-0.25, -0.2) is 0 Å². The van der Waals surface area contributed by atoms with Crippen LogP contribution < -0.4 is 10.5 Å². The third-order valence-corrected chi connectivity index (χ3v) is 3.47. The Balaban J connectivity index is 0.00000242. The van der Waals surface area contributed by atoms with E-state index in [0.717, 1.165) is 0 Å². The van der Waals surface area contributed by atoms with Gasteiger partial charge in [-0.05, 0) is 39.7 Å². The highest BCUT2D eigenvalue weighted by Gasteiger charge is 2.31. The van der Waals surface area contributed by atoms with Crippen LogP contribution >= 0.6 is 28.3 Å². The van der Waals surface area contributed by atoms with Crippen LogP contribution in [0.3, 0.4) is 0 Å². The normalized spacial score (nSPS) is 12.4. The molecule has 0 saturated carbocycles. The van der Waals surface area contributed by atoms with Crippen LogP contribution in [0.5, 0.6) is 11.5 Å². The Hall–Kier alpha value is -1.44. The predicted molar refractivity (Wildman–Crippen MR) is 82.2 cm³/mol. The molecule has 0 heterocycles. The fourth-order valence-electron chi connectivity index (χ4n) is 1.84. The summed E-state index contributed by atoms with van der Waals surface area (Å²) in [5.74, 6) is -0.322. The van der Waals surface area contributed by atoms with Crippen LogP contribution in [-0.4, -0.2) is 11.5 Å². The fraction of sp³-hybridized carbons (Fsp3) is 0.143. The van der Waals surface area contributed by atoms with Crippen molar-refractivity contribution in [3.8, 4) is 11.5 Å². The van der Waals surface area contributed by atoms with Gasteiger partial charge in [0.05, 0.1) is 10.5 Å². The molecule has 0 aliphatic heterocycles. The van der Waals surface area contributed by atoms with Crippen LogP contribution in [0, 0.1) is 0 Å². The fourth-order valence-corrected chi connectivity index (χ4v) is 2.22. The Morgan fingerprint density at radius 2 is 1.68 bits per heavy atom. The van der Waals surface area contributed by atoms with Gasteiger partial charge >= 0.3 is 6.36 Å². The summed E-state index contributed by atoms with van der Waals surface area (Å²) in [6.07, 6.45) is -4.73. The standard InChI is InChI=1S/C14H11BrF3NO2.ClH/c15-11-3-1-2-10(13(11)20)12(19)8-4-6-9(7-5-8)21-14(16,17)18;/h1-7,12,20H,19H2;1H/t12-;/m0./s1. The lowest BCUT2D eigenvalue weighted by Crippen LogP contribution is -2.17. The molecule has 3 N–H and O–H groups in total. The van der Waals surface area contributed by atoms with E-state index in [1.807, 2.05) is 0 Å². The maximum atomic E-state index is 12.1. The van der Waals surface area contributed by atoms with Gasteiger partial charge in [-0.1, -0.05) is 24.3 Å². The smallest absolute Gasteiger partial charge is 0.506 e. The third kappa shape index (κ3) is 4.53. The highest BCUT2D eigenvalue weighted by molar-refractivity contribution is 9.10. The summed E-state index contributed by atoms with van der Waals surface area (Å²) in [5, 5.41) is 9.94. The van der Waals surface area contributed by atoms with Crippen LogP contribution in [0.1, 0.15) is 17.2 Å². The molecule has 2 aromatic rings. The zero-order chi connectivity index (χ0) is 15.6. The van der Waals surface area contributed by atoms with Gasteiger partial charge in [0.1, 0.15) is 11.5 Å². The minimum atomic E-state index is -4.73. The van der Waals surface area contributed by atoms with Crippen molar-refractivity contribution in [1.29, 1.82) is 0 Å².